The third kappa shape index (κ3) is 3.19. The number of hydrogen-bond donors (Lipinski definition) is 1. The standard InChI is InChI=1S/C16H25N3O/c1-4-18(5-2)11-8-12-19-15-10-7-6-9-14(15)17-16(19)13(3)20/h6-7,9-10,13,20H,4-5,8,11-12H2,1-3H3. The Morgan fingerprint density at radius 1 is 1.25 bits per heavy atom. The van der Waals surface area contributed by atoms with Crippen LogP contribution in [0.15, 0.2) is 24.3 Å². The van der Waals surface area contributed by atoms with Crippen molar-refractivity contribution < 1.29 is 5.11 Å². The topological polar surface area (TPSA) is 41.3 Å². The number of benzene rings is 1. The average molecular weight is 275 g/mol. The summed E-state index contributed by atoms with van der Waals surface area (Å²) in [6.07, 6.45) is 0.540. The normalized spacial score (nSPS) is 13.2. The molecule has 0 aliphatic rings. The van der Waals surface area contributed by atoms with Crippen LogP contribution in [0.1, 0.15) is 39.1 Å². The smallest absolute Gasteiger partial charge is 0.138 e. The van der Waals surface area contributed by atoms with Crippen molar-refractivity contribution in [2.24, 2.45) is 0 Å². The monoisotopic (exact) mass is 275 g/mol. The molecule has 4 nitrogen and oxygen atoms in total. The number of aryl methyl sites for hydroxylation is 1. The summed E-state index contributed by atoms with van der Waals surface area (Å²) in [5.41, 5.74) is 2.08. The van der Waals surface area contributed by atoms with Crippen molar-refractivity contribution in [3.05, 3.63) is 30.1 Å². The highest BCUT2D eigenvalue weighted by Gasteiger charge is 2.14. The van der Waals surface area contributed by atoms with Gasteiger partial charge in [0, 0.05) is 6.54 Å². The summed E-state index contributed by atoms with van der Waals surface area (Å²) in [7, 11) is 0. The quantitative estimate of drug-likeness (QED) is 0.845. The molecular formula is C16H25N3O. The van der Waals surface area contributed by atoms with Gasteiger partial charge in [0.25, 0.3) is 0 Å². The van der Waals surface area contributed by atoms with Gasteiger partial charge in [-0.3, -0.25) is 0 Å². The number of aliphatic hydroxyl groups is 1. The van der Waals surface area contributed by atoms with Gasteiger partial charge in [-0.15, -0.1) is 0 Å². The van der Waals surface area contributed by atoms with Crippen molar-refractivity contribution in [1.29, 1.82) is 0 Å². The van der Waals surface area contributed by atoms with Crippen molar-refractivity contribution >= 4 is 11.0 Å². The second kappa shape index (κ2) is 6.86. The lowest BCUT2D eigenvalue weighted by Crippen LogP contribution is -2.25. The van der Waals surface area contributed by atoms with E-state index in [-0.39, 0.29) is 0 Å². The fraction of sp³-hybridized carbons (Fsp3) is 0.562. The minimum Gasteiger partial charge on any atom is -0.385 e. The van der Waals surface area contributed by atoms with Crippen LogP contribution in [0.5, 0.6) is 0 Å². The summed E-state index contributed by atoms with van der Waals surface area (Å²) in [5.74, 6) is 0.769. The van der Waals surface area contributed by atoms with Crippen molar-refractivity contribution in [1.82, 2.24) is 14.5 Å². The van der Waals surface area contributed by atoms with Gasteiger partial charge in [0.1, 0.15) is 11.9 Å². The van der Waals surface area contributed by atoms with Crippen LogP contribution < -0.4 is 0 Å². The first-order chi connectivity index (χ1) is 9.67. The number of aliphatic hydroxyl groups excluding tert-OH is 1. The van der Waals surface area contributed by atoms with E-state index < -0.39 is 6.10 Å². The molecule has 1 N–H and O–H groups in total. The number of nitrogens with zero attached hydrogens (tertiary/aromatic N) is 3. The van der Waals surface area contributed by atoms with E-state index in [1.54, 1.807) is 6.92 Å². The van der Waals surface area contributed by atoms with E-state index in [9.17, 15) is 5.11 Å². The van der Waals surface area contributed by atoms with Crippen LogP contribution in [0.25, 0.3) is 11.0 Å². The third-order valence-corrected chi connectivity index (χ3v) is 3.81. The van der Waals surface area contributed by atoms with Crippen LogP contribution >= 0.6 is 0 Å². The lowest BCUT2D eigenvalue weighted by atomic mass is 10.3. The molecule has 0 fully saturated rings. The Bertz CT molecular complexity index is 544. The molecule has 0 radical (unpaired) electrons. The molecule has 20 heavy (non-hydrogen) atoms. The maximum atomic E-state index is 9.91. The molecule has 4 heteroatoms. The molecule has 0 saturated carbocycles. The van der Waals surface area contributed by atoms with Crippen LogP contribution in [0.4, 0.5) is 0 Å². The highest BCUT2D eigenvalue weighted by Crippen LogP contribution is 2.21. The maximum absolute atomic E-state index is 9.91. The van der Waals surface area contributed by atoms with Crippen molar-refractivity contribution in [3.63, 3.8) is 0 Å². The van der Waals surface area contributed by atoms with Gasteiger partial charge in [-0.2, -0.15) is 0 Å². The molecule has 1 atom stereocenters. The summed E-state index contributed by atoms with van der Waals surface area (Å²) in [4.78, 5) is 6.97. The Morgan fingerprint density at radius 2 is 1.95 bits per heavy atom. The largest absolute Gasteiger partial charge is 0.385 e. The molecule has 1 heterocycles. The van der Waals surface area contributed by atoms with Gasteiger partial charge in [-0.05, 0) is 45.1 Å². The Morgan fingerprint density at radius 3 is 2.60 bits per heavy atom. The molecule has 0 aliphatic heterocycles. The number of para-hydroxylation sites is 2. The summed E-state index contributed by atoms with van der Waals surface area (Å²) in [6, 6.07) is 8.09. The molecule has 0 bridgehead atoms. The third-order valence-electron chi connectivity index (χ3n) is 3.81. The van der Waals surface area contributed by atoms with Crippen molar-refractivity contribution in [2.75, 3.05) is 19.6 Å². The van der Waals surface area contributed by atoms with Crippen molar-refractivity contribution in [2.45, 2.75) is 39.8 Å². The van der Waals surface area contributed by atoms with E-state index in [1.807, 2.05) is 18.2 Å². The summed E-state index contributed by atoms with van der Waals surface area (Å²) >= 11 is 0. The van der Waals surface area contributed by atoms with Gasteiger partial charge in [0.2, 0.25) is 0 Å². The van der Waals surface area contributed by atoms with E-state index in [4.69, 9.17) is 0 Å². The van der Waals surface area contributed by atoms with Gasteiger partial charge in [0.15, 0.2) is 0 Å². The van der Waals surface area contributed by atoms with Gasteiger partial charge < -0.3 is 14.6 Å². The first-order valence-electron chi connectivity index (χ1n) is 7.53. The molecule has 0 aliphatic carbocycles. The number of imidazole rings is 1. The van der Waals surface area contributed by atoms with Crippen molar-refractivity contribution in [3.8, 4) is 0 Å². The van der Waals surface area contributed by atoms with Gasteiger partial charge in [-0.25, -0.2) is 4.98 Å². The second-order valence-electron chi connectivity index (χ2n) is 5.17. The number of hydrogen-bond acceptors (Lipinski definition) is 3. The zero-order chi connectivity index (χ0) is 14.5. The number of fused-ring (bicyclic) bond motifs is 1. The van der Waals surface area contributed by atoms with E-state index in [0.717, 1.165) is 49.5 Å². The van der Waals surface area contributed by atoms with E-state index >= 15 is 0 Å². The second-order valence-corrected chi connectivity index (χ2v) is 5.17. The first-order valence-corrected chi connectivity index (χ1v) is 7.53. The predicted octanol–water partition coefficient (Wildman–Crippen LogP) is 2.82. The highest BCUT2D eigenvalue weighted by molar-refractivity contribution is 5.75. The lowest BCUT2D eigenvalue weighted by Gasteiger charge is -2.18. The number of rotatable bonds is 7. The van der Waals surface area contributed by atoms with Crippen LogP contribution in [0.2, 0.25) is 0 Å². The fourth-order valence-corrected chi connectivity index (χ4v) is 2.64. The van der Waals surface area contributed by atoms with Crippen LogP contribution in [-0.2, 0) is 6.54 Å². The molecular weight excluding hydrogens is 250 g/mol. The zero-order valence-corrected chi connectivity index (χ0v) is 12.7. The minimum atomic E-state index is -0.532. The molecule has 2 rings (SSSR count). The van der Waals surface area contributed by atoms with E-state index in [1.165, 1.54) is 0 Å². The molecule has 1 unspecified atom stereocenters. The van der Waals surface area contributed by atoms with E-state index in [0.29, 0.717) is 0 Å². The Hall–Kier alpha value is -1.39. The molecule has 1 aromatic heterocycles. The highest BCUT2D eigenvalue weighted by atomic mass is 16.3. The average Bonchev–Trinajstić information content (AvgIpc) is 2.83. The number of aromatic nitrogens is 2. The van der Waals surface area contributed by atoms with Gasteiger partial charge in [-0.1, -0.05) is 26.0 Å². The predicted molar refractivity (Wildman–Crippen MR) is 82.8 cm³/mol. The minimum absolute atomic E-state index is 0.532. The van der Waals surface area contributed by atoms with Gasteiger partial charge in [0.05, 0.1) is 11.0 Å². The van der Waals surface area contributed by atoms with E-state index in [2.05, 4.69) is 34.4 Å². The zero-order valence-electron chi connectivity index (χ0n) is 12.7. The molecule has 2 aromatic rings. The maximum Gasteiger partial charge on any atom is 0.138 e. The Labute approximate surface area is 121 Å². The SMILES string of the molecule is CCN(CC)CCCn1c(C(C)O)nc2ccccc21. The Kier molecular flexibility index (Phi) is 5.15. The van der Waals surface area contributed by atoms with Gasteiger partial charge >= 0.3 is 0 Å². The fourth-order valence-electron chi connectivity index (χ4n) is 2.64. The summed E-state index contributed by atoms with van der Waals surface area (Å²) in [5, 5.41) is 9.91. The molecule has 0 saturated heterocycles. The molecule has 110 valence electrons. The summed E-state index contributed by atoms with van der Waals surface area (Å²) < 4.78 is 2.16. The van der Waals surface area contributed by atoms with Crippen LogP contribution in [-0.4, -0.2) is 39.2 Å². The molecule has 1 aromatic carbocycles. The summed E-state index contributed by atoms with van der Waals surface area (Å²) in [6.45, 7) is 10.3. The molecule has 0 amide bonds. The molecule has 0 spiro atoms. The first kappa shape index (κ1) is 15.0. The van der Waals surface area contributed by atoms with Crippen LogP contribution in [0, 0.1) is 0 Å². The Balaban J connectivity index is 2.17. The van der Waals surface area contributed by atoms with Crippen LogP contribution in [0.3, 0.4) is 0 Å². The lowest BCUT2D eigenvalue weighted by molar-refractivity contribution is 0.183.